The van der Waals surface area contributed by atoms with Gasteiger partial charge in [0.05, 0.1) is 12.6 Å². The van der Waals surface area contributed by atoms with E-state index in [1.807, 2.05) is 42.9 Å². The molecule has 0 atom stereocenters. The van der Waals surface area contributed by atoms with Crippen LogP contribution in [0.15, 0.2) is 72.2 Å². The summed E-state index contributed by atoms with van der Waals surface area (Å²) in [6.07, 6.45) is 1.84. The lowest BCUT2D eigenvalue weighted by Gasteiger charge is -2.26. The van der Waals surface area contributed by atoms with Crippen molar-refractivity contribution in [2.45, 2.75) is 0 Å². The molecule has 0 amide bonds. The minimum Gasteiger partial charge on any atom is -0.205 e. The molecule has 0 spiro atoms. The van der Waals surface area contributed by atoms with Gasteiger partial charge in [-0.05, 0) is 24.3 Å². The van der Waals surface area contributed by atoms with Crippen molar-refractivity contribution >= 4 is 28.0 Å². The Morgan fingerprint density at radius 3 is 2.25 bits per heavy atom. The minimum absolute atomic E-state index is 0.925. The molecule has 24 heavy (non-hydrogen) atoms. The molecule has 2 aromatic carbocycles. The average Bonchev–Trinajstić information content (AvgIpc) is 3.24. The summed E-state index contributed by atoms with van der Waals surface area (Å²) in [4.78, 5) is 4.55. The zero-order valence-electron chi connectivity index (χ0n) is 13.6. The molecule has 3 aromatic rings. The summed E-state index contributed by atoms with van der Waals surface area (Å²) in [5, 5.41) is 9.28. The lowest BCUT2D eigenvalue weighted by atomic mass is 10.2. The predicted molar refractivity (Wildman–Crippen MR) is 98.0 cm³/mol. The Morgan fingerprint density at radius 2 is 1.62 bits per heavy atom. The van der Waals surface area contributed by atoms with E-state index >= 15 is 0 Å². The van der Waals surface area contributed by atoms with Gasteiger partial charge < -0.3 is 0 Å². The van der Waals surface area contributed by atoms with Gasteiger partial charge in [-0.2, -0.15) is 0 Å². The number of para-hydroxylation sites is 1. The molecule has 0 N–H and O–H groups in total. The van der Waals surface area contributed by atoms with Crippen LogP contribution in [0.5, 0.6) is 0 Å². The number of amidine groups is 1. The van der Waals surface area contributed by atoms with Crippen molar-refractivity contribution in [2.24, 2.45) is 0 Å². The van der Waals surface area contributed by atoms with Crippen LogP contribution in [0.2, 0.25) is 0 Å². The largest absolute Gasteiger partial charge is 0.336 e. The number of thiazole rings is 1. The fraction of sp³-hybridized carbons (Fsp3) is 0.111. The molecule has 1 aliphatic rings. The first kappa shape index (κ1) is 14.7. The zero-order chi connectivity index (χ0) is 16.5. The summed E-state index contributed by atoms with van der Waals surface area (Å²) >= 11 is 1.62. The highest BCUT2D eigenvalue weighted by Gasteiger charge is 2.45. The Labute approximate surface area is 145 Å². The van der Waals surface area contributed by atoms with Gasteiger partial charge in [0.15, 0.2) is 0 Å². The third-order valence-corrected chi connectivity index (χ3v) is 4.77. The number of benzene rings is 2. The van der Waals surface area contributed by atoms with Crippen LogP contribution in [-0.4, -0.2) is 34.7 Å². The van der Waals surface area contributed by atoms with Gasteiger partial charge in [-0.15, -0.1) is 9.80 Å². The number of hydrazine groups is 3. The molecule has 0 unspecified atom stereocenters. The van der Waals surface area contributed by atoms with Crippen LogP contribution in [0.1, 0.15) is 5.56 Å². The average molecular weight is 336 g/mol. The van der Waals surface area contributed by atoms with Gasteiger partial charge in [-0.1, -0.05) is 57.9 Å². The number of rotatable bonds is 3. The minimum atomic E-state index is 0.925. The molecule has 0 bridgehead atoms. The lowest BCUT2D eigenvalue weighted by molar-refractivity contribution is -0.654. The van der Waals surface area contributed by atoms with E-state index in [1.165, 1.54) is 0 Å². The van der Waals surface area contributed by atoms with Gasteiger partial charge in [0.2, 0.25) is 0 Å². The molecule has 6 heteroatoms. The van der Waals surface area contributed by atoms with E-state index < -0.39 is 0 Å². The normalized spacial score (nSPS) is 14.7. The number of hydrogen-bond donors (Lipinski definition) is 0. The number of hydrogen-bond acceptors (Lipinski definition) is 5. The second-order valence-corrected chi connectivity index (χ2v) is 6.33. The van der Waals surface area contributed by atoms with E-state index in [0.717, 1.165) is 22.2 Å². The second kappa shape index (κ2) is 5.98. The van der Waals surface area contributed by atoms with E-state index in [2.05, 4.69) is 68.4 Å². The smallest absolute Gasteiger partial charge is 0.205 e. The summed E-state index contributed by atoms with van der Waals surface area (Å²) in [5.41, 5.74) is 2.22. The highest BCUT2D eigenvalue weighted by atomic mass is 32.1. The Kier molecular flexibility index (Phi) is 3.66. The molecule has 5 nitrogen and oxygen atoms in total. The summed E-state index contributed by atoms with van der Waals surface area (Å²) in [6, 6.07) is 20.7. The molecule has 1 aliphatic heterocycles. The van der Waals surface area contributed by atoms with Crippen LogP contribution in [0.3, 0.4) is 0 Å². The number of hydrazone groups is 1. The van der Waals surface area contributed by atoms with Crippen LogP contribution < -0.4 is 10.1 Å². The van der Waals surface area contributed by atoms with Gasteiger partial charge >= 0.3 is 11.0 Å². The molecule has 0 saturated heterocycles. The van der Waals surface area contributed by atoms with Gasteiger partial charge in [0.25, 0.3) is 0 Å². The first-order chi connectivity index (χ1) is 11.8. The summed E-state index contributed by atoms with van der Waals surface area (Å²) in [5.74, 6) is 1.07. The second-order valence-electron chi connectivity index (χ2n) is 5.45. The molecule has 0 saturated carbocycles. The van der Waals surface area contributed by atoms with Gasteiger partial charge in [-0.3, -0.25) is 0 Å². The molecular weight excluding hydrogens is 318 g/mol. The van der Waals surface area contributed by atoms with E-state index in [1.54, 1.807) is 11.3 Å². The number of aromatic nitrogens is 1. The van der Waals surface area contributed by atoms with Gasteiger partial charge in [-0.25, -0.2) is 4.98 Å². The van der Waals surface area contributed by atoms with Crippen LogP contribution in [0, 0.1) is 0 Å². The molecular formula is C18H18N5S+. The summed E-state index contributed by atoms with van der Waals surface area (Å²) < 4.78 is 2.13. The number of nitrogens with zero attached hydrogens (tertiary/aromatic N) is 5. The third-order valence-electron chi connectivity index (χ3n) is 4.02. The van der Waals surface area contributed by atoms with Crippen LogP contribution >= 0.6 is 11.3 Å². The highest BCUT2D eigenvalue weighted by Crippen LogP contribution is 2.31. The van der Waals surface area contributed by atoms with Crippen molar-refractivity contribution in [3.63, 3.8) is 0 Å². The van der Waals surface area contributed by atoms with Gasteiger partial charge in [0.1, 0.15) is 12.7 Å². The molecule has 0 aliphatic carbocycles. The van der Waals surface area contributed by atoms with Crippen molar-refractivity contribution in [1.82, 2.24) is 10.1 Å². The molecule has 4 rings (SSSR count). The first-order valence-electron chi connectivity index (χ1n) is 7.72. The van der Waals surface area contributed by atoms with E-state index in [-0.39, 0.29) is 0 Å². The SMILES string of the molecule is CN1N(c2ccccc2)N(c2nccs2)C(c2ccccc2)=[N+]1C. The quantitative estimate of drug-likeness (QED) is 0.686. The van der Waals surface area contributed by atoms with E-state index in [4.69, 9.17) is 0 Å². The Balaban J connectivity index is 1.89. The Bertz CT molecular complexity index is 846. The predicted octanol–water partition coefficient (Wildman–Crippen LogP) is 3.24. The summed E-state index contributed by atoms with van der Waals surface area (Å²) in [6.45, 7) is 0. The van der Waals surface area contributed by atoms with Crippen molar-refractivity contribution in [2.75, 3.05) is 24.2 Å². The topological polar surface area (TPSA) is 25.6 Å². The maximum Gasteiger partial charge on any atom is 0.336 e. The monoisotopic (exact) mass is 336 g/mol. The van der Waals surface area contributed by atoms with Crippen molar-refractivity contribution in [3.8, 4) is 0 Å². The summed E-state index contributed by atoms with van der Waals surface area (Å²) in [7, 11) is 4.11. The maximum atomic E-state index is 4.55. The fourth-order valence-electron chi connectivity index (χ4n) is 2.85. The third kappa shape index (κ3) is 2.32. The maximum absolute atomic E-state index is 4.55. The van der Waals surface area contributed by atoms with Gasteiger partial charge in [0, 0.05) is 11.6 Å². The van der Waals surface area contributed by atoms with E-state index in [0.29, 0.717) is 0 Å². The zero-order valence-corrected chi connectivity index (χ0v) is 14.4. The van der Waals surface area contributed by atoms with Crippen molar-refractivity contribution in [3.05, 3.63) is 77.8 Å². The molecule has 0 radical (unpaired) electrons. The Morgan fingerprint density at radius 1 is 0.958 bits per heavy atom. The molecule has 0 fully saturated rings. The Hall–Kier alpha value is -2.86. The number of anilines is 2. The standard InChI is InChI=1S/C18H18N5S/c1-20-17(15-9-5-3-6-10-15)22(18-19-13-14-24-18)23(21(20)2)16-11-7-4-8-12-16/h3-14H,1-2H3/q+1. The molecule has 1 aromatic heterocycles. The highest BCUT2D eigenvalue weighted by molar-refractivity contribution is 7.13. The van der Waals surface area contributed by atoms with Crippen molar-refractivity contribution < 1.29 is 4.68 Å². The van der Waals surface area contributed by atoms with Crippen LogP contribution in [-0.2, 0) is 0 Å². The van der Waals surface area contributed by atoms with Crippen LogP contribution in [0.4, 0.5) is 10.8 Å². The van der Waals surface area contributed by atoms with E-state index in [9.17, 15) is 0 Å². The van der Waals surface area contributed by atoms with Crippen LogP contribution in [0.25, 0.3) is 0 Å². The lowest BCUT2D eigenvalue weighted by Crippen LogP contribution is -2.48. The first-order valence-corrected chi connectivity index (χ1v) is 8.59. The van der Waals surface area contributed by atoms with Crippen molar-refractivity contribution in [1.29, 1.82) is 0 Å². The molecule has 120 valence electrons. The fourth-order valence-corrected chi connectivity index (χ4v) is 3.48. The molecule has 2 heterocycles.